The molecule has 2 N–H and O–H groups in total. The van der Waals surface area contributed by atoms with Crippen LogP contribution in [-0.2, 0) is 9.59 Å². The van der Waals surface area contributed by atoms with Gasteiger partial charge in [0.15, 0.2) is 0 Å². The van der Waals surface area contributed by atoms with Crippen molar-refractivity contribution >= 4 is 11.8 Å². The van der Waals surface area contributed by atoms with Gasteiger partial charge in [0.2, 0.25) is 11.8 Å². The number of rotatable bonds is 39. The molecule has 0 aliphatic heterocycles. The van der Waals surface area contributed by atoms with Crippen molar-refractivity contribution in [2.24, 2.45) is 0 Å². The van der Waals surface area contributed by atoms with E-state index in [1.54, 1.807) is 0 Å². The first-order valence-corrected chi connectivity index (χ1v) is 23.6. The second-order valence-corrected chi connectivity index (χ2v) is 16.8. The number of unbranched alkanes of at least 4 members (excludes halogenated alkanes) is 30. The van der Waals surface area contributed by atoms with Gasteiger partial charge in [-0.1, -0.05) is 213 Å². The molecule has 0 bridgehead atoms. The third-order valence-electron chi connectivity index (χ3n) is 11.0. The van der Waals surface area contributed by atoms with Crippen LogP contribution in [0.3, 0.4) is 0 Å². The minimum Gasteiger partial charge on any atom is -0.341 e. The lowest BCUT2D eigenvalue weighted by Crippen LogP contribution is -2.44. The lowest BCUT2D eigenvalue weighted by Gasteiger charge is -2.23. The van der Waals surface area contributed by atoms with E-state index in [0.717, 1.165) is 19.3 Å². The van der Waals surface area contributed by atoms with Gasteiger partial charge in [-0.05, 0) is 54.4 Å². The molecule has 0 spiro atoms. The molecule has 0 aromatic carbocycles. The summed E-state index contributed by atoms with van der Waals surface area (Å²) in [5.74, 6) is 0.400. The predicted molar refractivity (Wildman–Crippen MR) is 236 cm³/mol. The van der Waals surface area contributed by atoms with Gasteiger partial charge in [-0.3, -0.25) is 19.4 Å². The van der Waals surface area contributed by atoms with Crippen LogP contribution in [-0.4, -0.2) is 62.1 Å². The van der Waals surface area contributed by atoms with E-state index in [1.807, 2.05) is 40.0 Å². The van der Waals surface area contributed by atoms with Crippen LogP contribution >= 0.6 is 0 Å². The molecule has 0 aromatic rings. The van der Waals surface area contributed by atoms with Crippen molar-refractivity contribution in [3.05, 3.63) is 0 Å². The molecule has 6 nitrogen and oxygen atoms in total. The zero-order valence-corrected chi connectivity index (χ0v) is 37.6. The molecule has 2 atom stereocenters. The molecule has 2 amide bonds. The van der Waals surface area contributed by atoms with Crippen molar-refractivity contribution in [3.8, 4) is 0 Å². The number of nitrogens with one attached hydrogen (secondary N) is 2. The van der Waals surface area contributed by atoms with Crippen LogP contribution in [0.1, 0.15) is 252 Å². The Balaban J connectivity index is 0. The van der Waals surface area contributed by atoms with Gasteiger partial charge in [-0.25, -0.2) is 0 Å². The SMILES string of the molecule is CCCCCCCCCCCCCCCC(=O)NC(C)N(C)C.CCCCCCCCCCCCCCCCCCCCCC(=O)NC(CC)N(C)C. The standard InChI is InChI=1S/C27H56N2O.C20H42N2O/c1-5-7-8-9-10-11-12-13-14-15-16-17-18-19-20-21-22-23-24-25-27(30)28-26(6-2)29(3)4;1-5-6-7-8-9-10-11-12-13-14-15-16-17-18-20(23)21-19(2)22(3)4/h26H,5-25H2,1-4H3,(H,28,30);19H,5-18H2,1-4H3,(H,21,23). The summed E-state index contributed by atoms with van der Waals surface area (Å²) in [4.78, 5) is 27.8. The average molecular weight is 751 g/mol. The number of carbonyl (C=O) groups is 2. The highest BCUT2D eigenvalue weighted by Crippen LogP contribution is 2.16. The van der Waals surface area contributed by atoms with Gasteiger partial charge < -0.3 is 10.6 Å². The van der Waals surface area contributed by atoms with Crippen LogP contribution in [0.4, 0.5) is 0 Å². The third-order valence-corrected chi connectivity index (χ3v) is 11.0. The molecule has 0 aliphatic rings. The van der Waals surface area contributed by atoms with Gasteiger partial charge in [0, 0.05) is 12.8 Å². The highest BCUT2D eigenvalue weighted by molar-refractivity contribution is 5.76. The van der Waals surface area contributed by atoms with E-state index >= 15 is 0 Å². The zero-order chi connectivity index (χ0) is 39.6. The van der Waals surface area contributed by atoms with E-state index in [1.165, 1.54) is 193 Å². The first kappa shape index (κ1) is 54.0. The van der Waals surface area contributed by atoms with Crippen molar-refractivity contribution in [2.45, 2.75) is 265 Å². The Morgan fingerprint density at radius 3 is 0.849 bits per heavy atom. The van der Waals surface area contributed by atoms with Crippen LogP contribution in [0.15, 0.2) is 0 Å². The van der Waals surface area contributed by atoms with Gasteiger partial charge in [-0.15, -0.1) is 0 Å². The van der Waals surface area contributed by atoms with Gasteiger partial charge in [0.25, 0.3) is 0 Å². The molecule has 2 unspecified atom stereocenters. The fourth-order valence-corrected chi connectivity index (χ4v) is 6.96. The maximum Gasteiger partial charge on any atom is 0.221 e. The van der Waals surface area contributed by atoms with E-state index in [-0.39, 0.29) is 24.1 Å². The largest absolute Gasteiger partial charge is 0.341 e. The number of nitrogens with zero attached hydrogens (tertiary/aromatic N) is 2. The maximum absolute atomic E-state index is 12.0. The Hall–Kier alpha value is -1.14. The lowest BCUT2D eigenvalue weighted by atomic mass is 10.0. The van der Waals surface area contributed by atoms with Gasteiger partial charge in [0.1, 0.15) is 0 Å². The van der Waals surface area contributed by atoms with Crippen LogP contribution in [0.5, 0.6) is 0 Å². The first-order valence-electron chi connectivity index (χ1n) is 23.6. The average Bonchev–Trinajstić information content (AvgIpc) is 3.13. The van der Waals surface area contributed by atoms with Crippen molar-refractivity contribution in [2.75, 3.05) is 28.2 Å². The molecule has 0 heterocycles. The molecule has 0 rings (SSSR count). The summed E-state index contributed by atoms with van der Waals surface area (Å²) in [6.45, 7) is 8.69. The van der Waals surface area contributed by atoms with E-state index in [0.29, 0.717) is 12.8 Å². The first-order chi connectivity index (χ1) is 25.7. The Labute approximate surface area is 333 Å². The summed E-state index contributed by atoms with van der Waals surface area (Å²) < 4.78 is 0. The highest BCUT2D eigenvalue weighted by Gasteiger charge is 2.11. The van der Waals surface area contributed by atoms with Crippen molar-refractivity contribution < 1.29 is 9.59 Å². The quantitative estimate of drug-likeness (QED) is 0.0485. The van der Waals surface area contributed by atoms with Crippen molar-refractivity contribution in [1.29, 1.82) is 0 Å². The summed E-state index contributed by atoms with van der Waals surface area (Å²) in [5, 5.41) is 6.12. The van der Waals surface area contributed by atoms with Crippen LogP contribution < -0.4 is 10.6 Å². The molecule has 0 aromatic heterocycles. The van der Waals surface area contributed by atoms with Crippen LogP contribution in [0.2, 0.25) is 0 Å². The second kappa shape index (κ2) is 43.6. The molecule has 6 heteroatoms. The van der Waals surface area contributed by atoms with Crippen LogP contribution in [0, 0.1) is 0 Å². The fraction of sp³-hybridized carbons (Fsp3) is 0.957. The number of carbonyl (C=O) groups excluding carboxylic acids is 2. The van der Waals surface area contributed by atoms with E-state index in [4.69, 9.17) is 0 Å². The van der Waals surface area contributed by atoms with E-state index in [2.05, 4.69) is 36.3 Å². The summed E-state index contributed by atoms with van der Waals surface area (Å²) in [6.07, 6.45) is 46.5. The summed E-state index contributed by atoms with van der Waals surface area (Å²) in [6, 6.07) is 0. The molecule has 0 aliphatic carbocycles. The maximum atomic E-state index is 12.0. The summed E-state index contributed by atoms with van der Waals surface area (Å²) >= 11 is 0. The van der Waals surface area contributed by atoms with Crippen molar-refractivity contribution in [3.63, 3.8) is 0 Å². The molecule has 0 fully saturated rings. The summed E-state index contributed by atoms with van der Waals surface area (Å²) in [5.41, 5.74) is 0. The highest BCUT2D eigenvalue weighted by atomic mass is 16.2. The smallest absolute Gasteiger partial charge is 0.221 e. The second-order valence-electron chi connectivity index (χ2n) is 16.8. The third kappa shape index (κ3) is 43.5. The Kier molecular flexibility index (Phi) is 44.4. The number of hydrogen-bond donors (Lipinski definition) is 2. The van der Waals surface area contributed by atoms with Gasteiger partial charge >= 0.3 is 0 Å². The number of amides is 2. The minimum atomic E-state index is 0.129. The molecule has 53 heavy (non-hydrogen) atoms. The topological polar surface area (TPSA) is 64.7 Å². The van der Waals surface area contributed by atoms with Gasteiger partial charge in [-0.2, -0.15) is 0 Å². The molecule has 0 radical (unpaired) electrons. The van der Waals surface area contributed by atoms with E-state index in [9.17, 15) is 9.59 Å². The zero-order valence-electron chi connectivity index (χ0n) is 37.6. The van der Waals surface area contributed by atoms with Crippen LogP contribution in [0.25, 0.3) is 0 Å². The predicted octanol–water partition coefficient (Wildman–Crippen LogP) is 13.7. The molecule has 0 saturated carbocycles. The Morgan fingerprint density at radius 2 is 0.623 bits per heavy atom. The molecule has 0 saturated heterocycles. The monoisotopic (exact) mass is 751 g/mol. The fourth-order valence-electron chi connectivity index (χ4n) is 6.96. The molecular weight excluding hydrogens is 653 g/mol. The normalized spacial score (nSPS) is 12.5. The minimum absolute atomic E-state index is 0.129. The van der Waals surface area contributed by atoms with Gasteiger partial charge in [0.05, 0.1) is 12.3 Å². The van der Waals surface area contributed by atoms with E-state index < -0.39 is 0 Å². The van der Waals surface area contributed by atoms with Crippen molar-refractivity contribution in [1.82, 2.24) is 20.4 Å². The lowest BCUT2D eigenvalue weighted by molar-refractivity contribution is -0.123. The molecule has 318 valence electrons. The molecular formula is C47H98N4O2. The Bertz CT molecular complexity index is 744. The number of hydrogen-bond acceptors (Lipinski definition) is 4. The Morgan fingerprint density at radius 1 is 0.377 bits per heavy atom. The summed E-state index contributed by atoms with van der Waals surface area (Å²) in [7, 11) is 8.00.